The van der Waals surface area contributed by atoms with Crippen molar-refractivity contribution in [3.8, 4) is 0 Å². The number of rotatable bonds is 4. The Hall–Kier alpha value is -1.98. The van der Waals surface area contributed by atoms with Crippen molar-refractivity contribution >= 4 is 17.6 Å². The number of fused-ring (bicyclic) bond motifs is 1. The highest BCUT2D eigenvalue weighted by Gasteiger charge is 2.61. The fraction of sp³-hybridized carbons (Fsp3) is 0.739. The Morgan fingerprint density at radius 3 is 2.55 bits per heavy atom. The molecule has 29 heavy (non-hydrogen) atoms. The molecule has 2 amide bonds. The number of nitrogens with zero attached hydrogens (tertiary/aromatic N) is 4. The van der Waals surface area contributed by atoms with Crippen molar-refractivity contribution in [2.45, 2.75) is 77.6 Å². The van der Waals surface area contributed by atoms with Gasteiger partial charge in [-0.05, 0) is 57.3 Å². The Bertz CT molecular complexity index is 840. The Morgan fingerprint density at radius 1 is 1.17 bits per heavy atom. The zero-order valence-corrected chi connectivity index (χ0v) is 17.7. The molecule has 1 aromatic rings. The van der Waals surface area contributed by atoms with E-state index < -0.39 is 0 Å². The van der Waals surface area contributed by atoms with Crippen LogP contribution in [0.25, 0.3) is 0 Å². The highest BCUT2D eigenvalue weighted by molar-refractivity contribution is 5.95. The van der Waals surface area contributed by atoms with Gasteiger partial charge in [0.05, 0.1) is 0 Å². The third-order valence-electron chi connectivity index (χ3n) is 7.81. The summed E-state index contributed by atoms with van der Waals surface area (Å²) in [6.07, 6.45) is 9.02. The summed E-state index contributed by atoms with van der Waals surface area (Å²) in [6.45, 7) is 6.49. The van der Waals surface area contributed by atoms with Crippen LogP contribution in [0.15, 0.2) is 0 Å². The fourth-order valence-electron chi connectivity index (χ4n) is 5.70. The van der Waals surface area contributed by atoms with E-state index in [1.54, 1.807) is 0 Å². The van der Waals surface area contributed by atoms with Crippen molar-refractivity contribution in [1.29, 1.82) is 0 Å². The molecule has 2 aliphatic carbocycles. The Morgan fingerprint density at radius 2 is 1.93 bits per heavy atom. The van der Waals surface area contributed by atoms with Gasteiger partial charge in [0.1, 0.15) is 11.6 Å². The molecule has 2 aliphatic heterocycles. The van der Waals surface area contributed by atoms with E-state index in [4.69, 9.17) is 9.97 Å². The lowest BCUT2D eigenvalue weighted by atomic mass is 9.79. The number of carbonyl (C=O) groups is 2. The first-order valence-corrected chi connectivity index (χ1v) is 11.5. The van der Waals surface area contributed by atoms with Crippen molar-refractivity contribution < 1.29 is 9.59 Å². The van der Waals surface area contributed by atoms with Gasteiger partial charge in [0.2, 0.25) is 11.8 Å². The summed E-state index contributed by atoms with van der Waals surface area (Å²) in [5, 5.41) is 0. The quantitative estimate of drug-likeness (QED) is 0.783. The van der Waals surface area contributed by atoms with Crippen molar-refractivity contribution in [2.24, 2.45) is 11.3 Å². The normalized spacial score (nSPS) is 25.7. The summed E-state index contributed by atoms with van der Waals surface area (Å²) in [5.74, 6) is 2.87. The van der Waals surface area contributed by atoms with Gasteiger partial charge in [-0.25, -0.2) is 9.97 Å². The van der Waals surface area contributed by atoms with Crippen LogP contribution in [-0.4, -0.2) is 46.3 Å². The van der Waals surface area contributed by atoms with Gasteiger partial charge in [-0.3, -0.25) is 14.5 Å². The molecule has 3 fully saturated rings. The maximum Gasteiger partial charge on any atom is 0.228 e. The van der Waals surface area contributed by atoms with Crippen molar-refractivity contribution in [3.05, 3.63) is 17.1 Å². The van der Waals surface area contributed by atoms with Crippen molar-refractivity contribution in [1.82, 2.24) is 14.9 Å². The number of hydrogen-bond acceptors (Lipinski definition) is 4. The van der Waals surface area contributed by atoms with Gasteiger partial charge in [0, 0.05) is 49.1 Å². The Balaban J connectivity index is 1.29. The first kappa shape index (κ1) is 19.0. The smallest absolute Gasteiger partial charge is 0.228 e. The molecule has 0 aromatic carbocycles. The van der Waals surface area contributed by atoms with Gasteiger partial charge in [0.15, 0.2) is 0 Å². The number of amides is 2. The molecule has 0 unspecified atom stereocenters. The van der Waals surface area contributed by atoms with Gasteiger partial charge in [0.25, 0.3) is 0 Å². The Kier molecular flexibility index (Phi) is 4.63. The van der Waals surface area contributed by atoms with Crippen LogP contribution in [0.4, 0.5) is 5.82 Å². The number of carbonyl (C=O) groups excluding carboxylic acids is 2. The standard InChI is InChI=1S/C23H32N4O2/c1-3-11-27-19(28)6-5-17-15(2)24-20(25-21(17)27)16-7-12-26(13-8-16)22(29)18-14-23(18)9-4-10-23/h16,18H,3-14H2,1-2H3/t18-/m0/s1. The van der Waals surface area contributed by atoms with E-state index in [9.17, 15) is 9.59 Å². The molecule has 1 aromatic heterocycles. The maximum absolute atomic E-state index is 12.9. The maximum atomic E-state index is 12.9. The topological polar surface area (TPSA) is 66.4 Å². The van der Waals surface area contributed by atoms with Crippen LogP contribution < -0.4 is 4.90 Å². The average Bonchev–Trinajstić information content (AvgIpc) is 3.46. The minimum atomic E-state index is 0.179. The van der Waals surface area contributed by atoms with Crippen LogP contribution in [0.2, 0.25) is 0 Å². The third-order valence-corrected chi connectivity index (χ3v) is 7.81. The largest absolute Gasteiger partial charge is 0.342 e. The van der Waals surface area contributed by atoms with Crippen LogP contribution in [0.3, 0.4) is 0 Å². The van der Waals surface area contributed by atoms with Crippen LogP contribution in [-0.2, 0) is 16.0 Å². The lowest BCUT2D eigenvalue weighted by Crippen LogP contribution is -2.41. The minimum Gasteiger partial charge on any atom is -0.342 e. The summed E-state index contributed by atoms with van der Waals surface area (Å²) < 4.78 is 0. The van der Waals surface area contributed by atoms with Crippen LogP contribution in [0.1, 0.15) is 81.3 Å². The molecule has 0 N–H and O–H groups in total. The molecule has 3 heterocycles. The molecule has 4 aliphatic rings. The van der Waals surface area contributed by atoms with Crippen LogP contribution in [0, 0.1) is 18.3 Å². The number of hydrogen-bond donors (Lipinski definition) is 0. The number of piperidine rings is 1. The molecule has 0 bridgehead atoms. The minimum absolute atomic E-state index is 0.179. The van der Waals surface area contributed by atoms with Gasteiger partial charge >= 0.3 is 0 Å². The molecule has 1 spiro atoms. The highest BCUT2D eigenvalue weighted by Crippen LogP contribution is 2.66. The zero-order chi connectivity index (χ0) is 20.2. The highest BCUT2D eigenvalue weighted by atomic mass is 16.2. The van der Waals surface area contributed by atoms with Gasteiger partial charge < -0.3 is 4.90 Å². The van der Waals surface area contributed by atoms with E-state index in [1.807, 2.05) is 11.8 Å². The fourth-order valence-corrected chi connectivity index (χ4v) is 5.70. The van der Waals surface area contributed by atoms with E-state index in [0.717, 1.165) is 74.6 Å². The lowest BCUT2D eigenvalue weighted by molar-refractivity contribution is -0.135. The van der Waals surface area contributed by atoms with Crippen molar-refractivity contribution in [2.75, 3.05) is 24.5 Å². The van der Waals surface area contributed by atoms with E-state index in [2.05, 4.69) is 11.8 Å². The number of anilines is 1. The monoisotopic (exact) mass is 396 g/mol. The van der Waals surface area contributed by atoms with E-state index >= 15 is 0 Å². The molecule has 5 rings (SSSR count). The zero-order valence-electron chi connectivity index (χ0n) is 17.7. The molecular weight excluding hydrogens is 364 g/mol. The first-order valence-electron chi connectivity index (χ1n) is 11.5. The molecule has 6 heteroatoms. The SMILES string of the molecule is CCCN1C(=O)CCc2c(C)nc(C3CCN(C(=O)[C@@H]4CC45CCC5)CC3)nc21. The molecule has 2 saturated carbocycles. The number of likely N-dealkylation sites (tertiary alicyclic amines) is 1. The second-order valence-corrected chi connectivity index (χ2v) is 9.59. The second-order valence-electron chi connectivity index (χ2n) is 9.59. The van der Waals surface area contributed by atoms with Crippen LogP contribution >= 0.6 is 0 Å². The molecule has 0 radical (unpaired) electrons. The van der Waals surface area contributed by atoms with Gasteiger partial charge in [-0.15, -0.1) is 0 Å². The van der Waals surface area contributed by atoms with Crippen LogP contribution in [0.5, 0.6) is 0 Å². The van der Waals surface area contributed by atoms with Crippen molar-refractivity contribution in [3.63, 3.8) is 0 Å². The average molecular weight is 397 g/mol. The number of aryl methyl sites for hydroxylation is 1. The summed E-state index contributed by atoms with van der Waals surface area (Å²) in [7, 11) is 0. The molecule has 156 valence electrons. The van der Waals surface area contributed by atoms with E-state index in [0.29, 0.717) is 23.7 Å². The predicted octanol–water partition coefficient (Wildman–Crippen LogP) is 3.37. The van der Waals surface area contributed by atoms with E-state index in [-0.39, 0.29) is 11.8 Å². The van der Waals surface area contributed by atoms with Gasteiger partial charge in [-0.1, -0.05) is 13.3 Å². The molecule has 1 atom stereocenters. The second kappa shape index (κ2) is 7.06. The Labute approximate surface area is 173 Å². The lowest BCUT2D eigenvalue weighted by Gasteiger charge is -2.34. The summed E-state index contributed by atoms with van der Waals surface area (Å²) in [6, 6.07) is 0. The molecular formula is C23H32N4O2. The predicted molar refractivity (Wildman–Crippen MR) is 111 cm³/mol. The first-order chi connectivity index (χ1) is 14.0. The molecule has 1 saturated heterocycles. The third kappa shape index (κ3) is 3.15. The summed E-state index contributed by atoms with van der Waals surface area (Å²) >= 11 is 0. The number of aromatic nitrogens is 2. The summed E-state index contributed by atoms with van der Waals surface area (Å²) in [4.78, 5) is 39.0. The van der Waals surface area contributed by atoms with Gasteiger partial charge in [-0.2, -0.15) is 0 Å². The molecule has 6 nitrogen and oxygen atoms in total. The summed E-state index contributed by atoms with van der Waals surface area (Å²) in [5.41, 5.74) is 2.55. The van der Waals surface area contributed by atoms with E-state index in [1.165, 1.54) is 19.3 Å².